The third kappa shape index (κ3) is 6.88. The summed E-state index contributed by atoms with van der Waals surface area (Å²) in [5, 5.41) is 2.85. The van der Waals surface area contributed by atoms with Gasteiger partial charge in [0, 0.05) is 4.47 Å². The van der Waals surface area contributed by atoms with Crippen LogP contribution in [0.15, 0.2) is 59.1 Å². The smallest absolute Gasteiger partial charge is 0.308 e. The maximum atomic E-state index is 12.3. The predicted molar refractivity (Wildman–Crippen MR) is 103 cm³/mol. The molecule has 0 bridgehead atoms. The van der Waals surface area contributed by atoms with Crippen LogP contribution in [0.25, 0.3) is 0 Å². The van der Waals surface area contributed by atoms with Gasteiger partial charge in [-0.3, -0.25) is 9.59 Å². The van der Waals surface area contributed by atoms with E-state index in [1.807, 2.05) is 42.5 Å². The van der Waals surface area contributed by atoms with Crippen LogP contribution in [0.3, 0.4) is 0 Å². The number of carbonyl (C=O) groups excluding carboxylic acids is 2. The van der Waals surface area contributed by atoms with E-state index in [4.69, 9.17) is 9.47 Å². The van der Waals surface area contributed by atoms with Crippen LogP contribution in [-0.2, 0) is 14.3 Å². The number of halogens is 1. The van der Waals surface area contributed by atoms with Gasteiger partial charge in [0.2, 0.25) is 0 Å². The molecular formula is C20H22BrNO4. The van der Waals surface area contributed by atoms with Crippen molar-refractivity contribution in [2.45, 2.75) is 32.4 Å². The normalized spacial score (nSPS) is 11.7. The van der Waals surface area contributed by atoms with Crippen LogP contribution in [0.5, 0.6) is 5.75 Å². The Kier molecular flexibility index (Phi) is 7.66. The Balaban J connectivity index is 1.97. The van der Waals surface area contributed by atoms with Crippen molar-refractivity contribution in [1.29, 1.82) is 0 Å². The number of rotatable bonds is 8. The third-order valence-electron chi connectivity index (χ3n) is 3.46. The summed E-state index contributed by atoms with van der Waals surface area (Å²) in [4.78, 5) is 24.3. The van der Waals surface area contributed by atoms with Gasteiger partial charge in [-0.05, 0) is 43.7 Å². The second kappa shape index (κ2) is 9.97. The van der Waals surface area contributed by atoms with E-state index in [9.17, 15) is 9.59 Å². The van der Waals surface area contributed by atoms with Gasteiger partial charge < -0.3 is 14.8 Å². The van der Waals surface area contributed by atoms with Crippen LogP contribution in [0.4, 0.5) is 0 Å². The Morgan fingerprint density at radius 3 is 2.31 bits per heavy atom. The van der Waals surface area contributed by atoms with Crippen molar-refractivity contribution in [3.05, 3.63) is 64.6 Å². The van der Waals surface area contributed by atoms with E-state index >= 15 is 0 Å². The van der Waals surface area contributed by atoms with Crippen LogP contribution in [0.2, 0.25) is 0 Å². The molecule has 0 saturated carbocycles. The van der Waals surface area contributed by atoms with E-state index in [2.05, 4.69) is 21.2 Å². The monoisotopic (exact) mass is 419 g/mol. The van der Waals surface area contributed by atoms with Gasteiger partial charge in [0.05, 0.1) is 18.6 Å². The van der Waals surface area contributed by atoms with E-state index < -0.39 is 6.04 Å². The lowest BCUT2D eigenvalue weighted by molar-refractivity contribution is -0.148. The van der Waals surface area contributed by atoms with Crippen LogP contribution in [-0.4, -0.2) is 24.6 Å². The average molecular weight is 420 g/mol. The molecule has 138 valence electrons. The van der Waals surface area contributed by atoms with E-state index in [-0.39, 0.29) is 31.0 Å². The Labute approximate surface area is 161 Å². The number of hydrogen-bond acceptors (Lipinski definition) is 4. The summed E-state index contributed by atoms with van der Waals surface area (Å²) in [6.07, 6.45) is -0.137. The molecule has 0 radical (unpaired) electrons. The zero-order chi connectivity index (χ0) is 18.9. The molecule has 0 fully saturated rings. The van der Waals surface area contributed by atoms with E-state index in [0.29, 0.717) is 5.75 Å². The highest BCUT2D eigenvalue weighted by atomic mass is 79.9. The number of hydrogen-bond donors (Lipinski definition) is 1. The zero-order valence-corrected chi connectivity index (χ0v) is 16.4. The van der Waals surface area contributed by atoms with Crippen molar-refractivity contribution in [3.8, 4) is 5.75 Å². The van der Waals surface area contributed by atoms with Crippen molar-refractivity contribution in [1.82, 2.24) is 5.32 Å². The molecular weight excluding hydrogens is 398 g/mol. The summed E-state index contributed by atoms with van der Waals surface area (Å²) < 4.78 is 11.6. The summed E-state index contributed by atoms with van der Waals surface area (Å²) in [6.45, 7) is 3.45. The summed E-state index contributed by atoms with van der Waals surface area (Å²) in [5.74, 6) is -0.0686. The van der Waals surface area contributed by atoms with Gasteiger partial charge in [0.25, 0.3) is 5.91 Å². The van der Waals surface area contributed by atoms with Crippen molar-refractivity contribution in [2.24, 2.45) is 0 Å². The minimum Gasteiger partial charge on any atom is -0.484 e. The van der Waals surface area contributed by atoms with Crippen LogP contribution >= 0.6 is 15.9 Å². The molecule has 0 aromatic heterocycles. The molecule has 1 unspecified atom stereocenters. The number of nitrogens with one attached hydrogen (secondary N) is 1. The fourth-order valence-corrected chi connectivity index (χ4v) is 2.60. The molecule has 0 saturated heterocycles. The third-order valence-corrected chi connectivity index (χ3v) is 3.99. The van der Waals surface area contributed by atoms with Gasteiger partial charge in [-0.1, -0.05) is 46.3 Å². The van der Waals surface area contributed by atoms with Gasteiger partial charge in [-0.25, -0.2) is 0 Å². The molecule has 2 rings (SSSR count). The Morgan fingerprint density at radius 1 is 1.04 bits per heavy atom. The highest BCUT2D eigenvalue weighted by Crippen LogP contribution is 2.19. The van der Waals surface area contributed by atoms with E-state index in [1.165, 1.54) is 0 Å². The van der Waals surface area contributed by atoms with Gasteiger partial charge >= 0.3 is 5.97 Å². The lowest BCUT2D eigenvalue weighted by Gasteiger charge is -2.19. The zero-order valence-electron chi connectivity index (χ0n) is 14.8. The van der Waals surface area contributed by atoms with E-state index in [0.717, 1.165) is 10.0 Å². The van der Waals surface area contributed by atoms with Gasteiger partial charge in [0.15, 0.2) is 6.61 Å². The van der Waals surface area contributed by atoms with Gasteiger partial charge in [0.1, 0.15) is 5.75 Å². The number of ether oxygens (including phenoxy) is 2. The standard InChI is InChI=1S/C20H22BrNO4/c1-14(2)26-20(24)12-18(15-6-4-3-5-7-15)22-19(23)13-25-17-10-8-16(21)9-11-17/h3-11,14,18H,12-13H2,1-2H3,(H,22,23). The minimum absolute atomic E-state index is 0.0617. The fourth-order valence-electron chi connectivity index (χ4n) is 2.33. The molecule has 2 aromatic rings. The maximum Gasteiger partial charge on any atom is 0.308 e. The first-order valence-electron chi connectivity index (χ1n) is 8.36. The summed E-state index contributed by atoms with van der Waals surface area (Å²) in [6, 6.07) is 16.1. The molecule has 2 aromatic carbocycles. The van der Waals surface area contributed by atoms with Crippen molar-refractivity contribution in [2.75, 3.05) is 6.61 Å². The van der Waals surface area contributed by atoms with Crippen molar-refractivity contribution >= 4 is 27.8 Å². The number of carbonyl (C=O) groups is 2. The SMILES string of the molecule is CC(C)OC(=O)CC(NC(=O)COc1ccc(Br)cc1)c1ccccc1. The van der Waals surface area contributed by atoms with E-state index in [1.54, 1.807) is 26.0 Å². The first-order chi connectivity index (χ1) is 12.4. The molecule has 0 aliphatic carbocycles. The quantitative estimate of drug-likeness (QED) is 0.655. The fraction of sp³-hybridized carbons (Fsp3) is 0.300. The van der Waals surface area contributed by atoms with Crippen molar-refractivity contribution < 1.29 is 19.1 Å². The minimum atomic E-state index is -0.469. The first-order valence-corrected chi connectivity index (χ1v) is 9.15. The highest BCUT2D eigenvalue weighted by molar-refractivity contribution is 9.10. The molecule has 0 spiro atoms. The van der Waals surface area contributed by atoms with Gasteiger partial charge in [-0.2, -0.15) is 0 Å². The van der Waals surface area contributed by atoms with Gasteiger partial charge in [-0.15, -0.1) is 0 Å². The molecule has 1 atom stereocenters. The number of esters is 1. The molecule has 5 nitrogen and oxygen atoms in total. The number of benzene rings is 2. The van der Waals surface area contributed by atoms with Crippen LogP contribution in [0.1, 0.15) is 31.9 Å². The molecule has 1 N–H and O–H groups in total. The summed E-state index contributed by atoms with van der Waals surface area (Å²) in [5.41, 5.74) is 0.838. The highest BCUT2D eigenvalue weighted by Gasteiger charge is 2.20. The van der Waals surface area contributed by atoms with Crippen LogP contribution < -0.4 is 10.1 Å². The maximum absolute atomic E-state index is 12.3. The average Bonchev–Trinajstić information content (AvgIpc) is 2.61. The molecule has 0 heterocycles. The Bertz CT molecular complexity index is 716. The second-order valence-electron chi connectivity index (χ2n) is 6.02. The Morgan fingerprint density at radius 2 is 1.69 bits per heavy atom. The number of amides is 1. The lowest BCUT2D eigenvalue weighted by Crippen LogP contribution is -2.34. The van der Waals surface area contributed by atoms with Crippen LogP contribution in [0, 0.1) is 0 Å². The second-order valence-corrected chi connectivity index (χ2v) is 6.93. The summed E-state index contributed by atoms with van der Waals surface area (Å²) in [7, 11) is 0. The Hall–Kier alpha value is -2.34. The molecule has 6 heteroatoms. The largest absolute Gasteiger partial charge is 0.484 e. The molecule has 26 heavy (non-hydrogen) atoms. The molecule has 0 aliphatic heterocycles. The predicted octanol–water partition coefficient (Wildman–Crippen LogP) is 4.03. The van der Waals surface area contributed by atoms with Crippen molar-refractivity contribution in [3.63, 3.8) is 0 Å². The molecule has 1 amide bonds. The molecule has 0 aliphatic rings. The summed E-state index contributed by atoms with van der Waals surface area (Å²) >= 11 is 3.35. The lowest BCUT2D eigenvalue weighted by atomic mass is 10.0. The topological polar surface area (TPSA) is 64.6 Å². The first kappa shape index (κ1) is 20.0.